The van der Waals surface area contributed by atoms with E-state index in [1.807, 2.05) is 36.4 Å². The van der Waals surface area contributed by atoms with Crippen molar-refractivity contribution in [2.45, 2.75) is 31.7 Å². The molecule has 1 atom stereocenters. The number of hydrogen-bond donors (Lipinski definition) is 2. The van der Waals surface area contributed by atoms with Crippen molar-refractivity contribution < 1.29 is 9.59 Å². The van der Waals surface area contributed by atoms with E-state index < -0.39 is 6.04 Å². The summed E-state index contributed by atoms with van der Waals surface area (Å²) in [6.07, 6.45) is 3.45. The molecular weight excluding hydrogens is 396 g/mol. The Morgan fingerprint density at radius 2 is 1.63 bits per heavy atom. The zero-order valence-electron chi connectivity index (χ0n) is 16.5. The number of aryl methyl sites for hydroxylation is 2. The molecule has 4 rings (SSSR count). The van der Waals surface area contributed by atoms with Gasteiger partial charge in [-0.15, -0.1) is 0 Å². The first-order valence-electron chi connectivity index (χ1n) is 10.1. The largest absolute Gasteiger partial charge is 0.345 e. The lowest BCUT2D eigenvalue weighted by Gasteiger charge is -2.19. The molecule has 2 N–H and O–H groups in total. The molecule has 0 unspecified atom stereocenters. The molecule has 0 aromatic heterocycles. The summed E-state index contributed by atoms with van der Waals surface area (Å²) < 4.78 is 0. The highest BCUT2D eigenvalue weighted by atomic mass is 35.5. The normalized spacial score (nSPS) is 13.4. The van der Waals surface area contributed by atoms with Crippen LogP contribution in [0.4, 0.5) is 5.69 Å². The number of fused-ring (bicyclic) bond motifs is 1. The summed E-state index contributed by atoms with van der Waals surface area (Å²) in [5.74, 6) is -0.457. The van der Waals surface area contributed by atoms with E-state index in [1.165, 1.54) is 11.1 Å². The van der Waals surface area contributed by atoms with Crippen molar-refractivity contribution in [2.75, 3.05) is 5.32 Å². The Morgan fingerprint density at radius 3 is 2.43 bits per heavy atom. The van der Waals surface area contributed by atoms with Gasteiger partial charge in [0.1, 0.15) is 0 Å². The molecule has 30 heavy (non-hydrogen) atoms. The maximum atomic E-state index is 12.8. The lowest BCUT2D eigenvalue weighted by Crippen LogP contribution is -2.31. The second-order valence-electron chi connectivity index (χ2n) is 7.51. The first kappa shape index (κ1) is 20.2. The fourth-order valence-electron chi connectivity index (χ4n) is 3.87. The maximum absolute atomic E-state index is 12.8. The molecule has 0 aliphatic heterocycles. The Bertz CT molecular complexity index is 1070. The highest BCUT2D eigenvalue weighted by Crippen LogP contribution is 2.26. The van der Waals surface area contributed by atoms with E-state index in [0.29, 0.717) is 10.6 Å². The van der Waals surface area contributed by atoms with E-state index in [4.69, 9.17) is 11.6 Å². The van der Waals surface area contributed by atoms with E-state index >= 15 is 0 Å². The van der Waals surface area contributed by atoms with Crippen molar-refractivity contribution in [1.29, 1.82) is 0 Å². The van der Waals surface area contributed by atoms with Gasteiger partial charge in [0.15, 0.2) is 0 Å². The predicted molar refractivity (Wildman–Crippen MR) is 120 cm³/mol. The van der Waals surface area contributed by atoms with Crippen LogP contribution < -0.4 is 10.6 Å². The molecular formula is C25H23ClN2O2. The molecule has 0 fully saturated rings. The smallest absolute Gasteiger partial charge is 0.253 e. The Morgan fingerprint density at radius 1 is 0.900 bits per heavy atom. The minimum atomic E-state index is -0.468. The number of carbonyl (C=O) groups excluding carboxylic acids is 2. The number of nitrogens with one attached hydrogen (secondary N) is 2. The van der Waals surface area contributed by atoms with Crippen molar-refractivity contribution in [3.63, 3.8) is 0 Å². The molecule has 152 valence electrons. The summed E-state index contributed by atoms with van der Waals surface area (Å²) in [4.78, 5) is 25.6. The van der Waals surface area contributed by atoms with Crippen molar-refractivity contribution in [3.8, 4) is 0 Å². The SMILES string of the molecule is O=C(C[C@@H](NC(=O)c1ccccc1Cl)c1ccccc1)Nc1ccc2c(c1)CCC2. The molecule has 0 radical (unpaired) electrons. The molecule has 3 aromatic carbocycles. The highest BCUT2D eigenvalue weighted by Gasteiger charge is 2.21. The fraction of sp³-hybridized carbons (Fsp3) is 0.200. The number of carbonyl (C=O) groups is 2. The number of hydrogen-bond acceptors (Lipinski definition) is 2. The van der Waals surface area contributed by atoms with Crippen LogP contribution in [0.15, 0.2) is 72.8 Å². The van der Waals surface area contributed by atoms with Gasteiger partial charge in [-0.25, -0.2) is 0 Å². The Kier molecular flexibility index (Phi) is 6.15. The van der Waals surface area contributed by atoms with E-state index in [2.05, 4.69) is 22.8 Å². The fourth-order valence-corrected chi connectivity index (χ4v) is 4.09. The number of rotatable bonds is 6. The number of anilines is 1. The van der Waals surface area contributed by atoms with Crippen molar-refractivity contribution in [3.05, 3.63) is 100 Å². The molecule has 5 heteroatoms. The van der Waals surface area contributed by atoms with E-state index in [0.717, 1.165) is 30.5 Å². The predicted octanol–water partition coefficient (Wildman–Crippen LogP) is 5.33. The van der Waals surface area contributed by atoms with Gasteiger partial charge >= 0.3 is 0 Å². The molecule has 0 saturated heterocycles. The quantitative estimate of drug-likeness (QED) is 0.568. The monoisotopic (exact) mass is 418 g/mol. The van der Waals surface area contributed by atoms with Gasteiger partial charge in [-0.3, -0.25) is 9.59 Å². The first-order valence-corrected chi connectivity index (χ1v) is 10.5. The van der Waals surface area contributed by atoms with Crippen LogP contribution in [-0.4, -0.2) is 11.8 Å². The topological polar surface area (TPSA) is 58.2 Å². The van der Waals surface area contributed by atoms with Crippen LogP contribution in [0.1, 0.15) is 45.9 Å². The van der Waals surface area contributed by atoms with Crippen LogP contribution in [0.3, 0.4) is 0 Å². The molecule has 1 aliphatic rings. The minimum absolute atomic E-state index is 0.122. The van der Waals surface area contributed by atoms with Crippen molar-refractivity contribution in [2.24, 2.45) is 0 Å². The summed E-state index contributed by atoms with van der Waals surface area (Å²) in [5.41, 5.74) is 4.72. The van der Waals surface area contributed by atoms with Gasteiger partial charge in [0.25, 0.3) is 5.91 Å². The zero-order valence-corrected chi connectivity index (χ0v) is 17.3. The summed E-state index contributed by atoms with van der Waals surface area (Å²) >= 11 is 6.17. The van der Waals surface area contributed by atoms with Gasteiger partial charge in [0.05, 0.1) is 23.0 Å². The molecule has 4 nitrogen and oxygen atoms in total. The van der Waals surface area contributed by atoms with Gasteiger partial charge in [0, 0.05) is 5.69 Å². The maximum Gasteiger partial charge on any atom is 0.253 e. The lowest BCUT2D eigenvalue weighted by atomic mass is 10.0. The number of amides is 2. The summed E-state index contributed by atoms with van der Waals surface area (Å²) in [6.45, 7) is 0. The minimum Gasteiger partial charge on any atom is -0.345 e. The summed E-state index contributed by atoms with van der Waals surface area (Å²) in [5, 5.41) is 6.32. The Labute approximate surface area is 181 Å². The highest BCUT2D eigenvalue weighted by molar-refractivity contribution is 6.33. The summed E-state index contributed by atoms with van der Waals surface area (Å²) in [7, 11) is 0. The molecule has 0 heterocycles. The molecule has 0 saturated carbocycles. The third-order valence-corrected chi connectivity index (χ3v) is 5.73. The molecule has 3 aromatic rings. The standard InChI is InChI=1S/C25H23ClN2O2/c26-22-12-5-4-11-21(22)25(30)28-23(18-7-2-1-3-8-18)16-24(29)27-20-14-13-17-9-6-10-19(17)15-20/h1-5,7-8,11-15,23H,6,9-10,16H2,(H,27,29)(H,28,30)/t23-/m1/s1. The molecule has 0 spiro atoms. The van der Waals surface area contributed by atoms with Crippen LogP contribution in [0.25, 0.3) is 0 Å². The van der Waals surface area contributed by atoms with Gasteiger partial charge in [-0.05, 0) is 60.2 Å². The average molecular weight is 419 g/mol. The van der Waals surface area contributed by atoms with Crippen LogP contribution >= 0.6 is 11.6 Å². The van der Waals surface area contributed by atoms with E-state index in [9.17, 15) is 9.59 Å². The van der Waals surface area contributed by atoms with Crippen molar-refractivity contribution in [1.82, 2.24) is 5.32 Å². The Hall–Kier alpha value is -3.11. The second kappa shape index (κ2) is 9.14. The lowest BCUT2D eigenvalue weighted by molar-refractivity contribution is -0.116. The van der Waals surface area contributed by atoms with Crippen LogP contribution in [-0.2, 0) is 17.6 Å². The van der Waals surface area contributed by atoms with E-state index in [1.54, 1.807) is 24.3 Å². The average Bonchev–Trinajstić information content (AvgIpc) is 3.22. The number of benzene rings is 3. The van der Waals surface area contributed by atoms with Crippen molar-refractivity contribution >= 4 is 29.1 Å². The first-order chi connectivity index (χ1) is 14.6. The number of halogens is 1. The third-order valence-electron chi connectivity index (χ3n) is 5.40. The third kappa shape index (κ3) is 4.71. The van der Waals surface area contributed by atoms with Gasteiger partial charge in [-0.2, -0.15) is 0 Å². The van der Waals surface area contributed by atoms with E-state index in [-0.39, 0.29) is 18.2 Å². The second-order valence-corrected chi connectivity index (χ2v) is 7.91. The summed E-state index contributed by atoms with van der Waals surface area (Å²) in [6, 6.07) is 22.0. The van der Waals surface area contributed by atoms with Gasteiger partial charge in [-0.1, -0.05) is 60.1 Å². The molecule has 2 amide bonds. The van der Waals surface area contributed by atoms with Gasteiger partial charge in [0.2, 0.25) is 5.91 Å². The van der Waals surface area contributed by atoms with Crippen LogP contribution in [0.5, 0.6) is 0 Å². The Balaban J connectivity index is 1.49. The molecule has 1 aliphatic carbocycles. The zero-order chi connectivity index (χ0) is 20.9. The van der Waals surface area contributed by atoms with Gasteiger partial charge < -0.3 is 10.6 Å². The molecule has 0 bridgehead atoms. The van der Waals surface area contributed by atoms with Crippen LogP contribution in [0, 0.1) is 0 Å². The van der Waals surface area contributed by atoms with Crippen LogP contribution in [0.2, 0.25) is 5.02 Å².